The van der Waals surface area contributed by atoms with E-state index in [0.717, 1.165) is 12.0 Å². The van der Waals surface area contributed by atoms with Crippen LogP contribution in [0.3, 0.4) is 0 Å². The fourth-order valence-corrected chi connectivity index (χ4v) is 4.61. The molecule has 1 aliphatic heterocycles. The van der Waals surface area contributed by atoms with Gasteiger partial charge in [-0.25, -0.2) is 18.0 Å². The standard InChI is InChI=1S/C23H22F3N5O/c1-28-12-14(11-27-28)15-7-13-5-4-6-31(18(13)8-16(15)22(25)26)19-10-21-20(9-17(19)24)29(2)23(32)30(21)3/h7-12,22H,4-6H2,1-3H3. The van der Waals surface area contributed by atoms with Crippen LogP contribution >= 0.6 is 0 Å². The number of fused-ring (bicyclic) bond motifs is 2. The van der Waals surface area contributed by atoms with Crippen molar-refractivity contribution in [3.8, 4) is 11.1 Å². The lowest BCUT2D eigenvalue weighted by atomic mass is 9.92. The fraction of sp³-hybridized carbons (Fsp3) is 0.304. The normalized spacial score (nSPS) is 13.9. The summed E-state index contributed by atoms with van der Waals surface area (Å²) in [7, 11) is 4.96. The SMILES string of the molecule is Cn1cc(-c2cc3c(cc2C(F)F)N(c2cc4c(cc2F)n(C)c(=O)n4C)CCC3)cn1. The van der Waals surface area contributed by atoms with Gasteiger partial charge < -0.3 is 4.90 Å². The molecule has 1 aliphatic rings. The van der Waals surface area contributed by atoms with Gasteiger partial charge in [0, 0.05) is 56.8 Å². The minimum absolute atomic E-state index is 0.114. The van der Waals surface area contributed by atoms with Crippen molar-refractivity contribution in [3.63, 3.8) is 0 Å². The number of hydrogen-bond donors (Lipinski definition) is 0. The molecule has 9 heteroatoms. The van der Waals surface area contributed by atoms with Crippen LogP contribution in [0.25, 0.3) is 22.2 Å². The van der Waals surface area contributed by atoms with E-state index in [1.807, 2.05) is 0 Å². The van der Waals surface area contributed by atoms with Gasteiger partial charge >= 0.3 is 5.69 Å². The first-order valence-electron chi connectivity index (χ1n) is 10.3. The second-order valence-corrected chi connectivity index (χ2v) is 8.22. The maximum absolute atomic E-state index is 15.2. The van der Waals surface area contributed by atoms with Gasteiger partial charge in [-0.15, -0.1) is 0 Å². The largest absolute Gasteiger partial charge is 0.339 e. The third kappa shape index (κ3) is 3.03. The van der Waals surface area contributed by atoms with Crippen LogP contribution in [0.5, 0.6) is 0 Å². The van der Waals surface area contributed by atoms with E-state index in [4.69, 9.17) is 0 Å². The van der Waals surface area contributed by atoms with Crippen molar-refractivity contribution in [2.24, 2.45) is 21.1 Å². The minimum Gasteiger partial charge on any atom is -0.339 e. The van der Waals surface area contributed by atoms with Crippen LogP contribution in [0, 0.1) is 5.82 Å². The molecule has 0 unspecified atom stereocenters. The highest BCUT2D eigenvalue weighted by molar-refractivity contribution is 5.84. The summed E-state index contributed by atoms with van der Waals surface area (Å²) < 4.78 is 47.7. The monoisotopic (exact) mass is 441 g/mol. The molecule has 0 N–H and O–H groups in total. The van der Waals surface area contributed by atoms with Gasteiger partial charge in [-0.3, -0.25) is 13.8 Å². The zero-order chi connectivity index (χ0) is 22.7. The van der Waals surface area contributed by atoms with E-state index >= 15 is 4.39 Å². The number of benzene rings is 2. The zero-order valence-electron chi connectivity index (χ0n) is 17.9. The Bertz CT molecular complexity index is 1420. The first-order chi connectivity index (χ1) is 15.3. The lowest BCUT2D eigenvalue weighted by molar-refractivity contribution is 0.152. The zero-order valence-corrected chi connectivity index (χ0v) is 17.9. The Kier molecular flexibility index (Phi) is 4.65. The van der Waals surface area contributed by atoms with Crippen molar-refractivity contribution >= 4 is 22.4 Å². The predicted octanol–water partition coefficient (Wildman–Crippen LogP) is 4.44. The Hall–Kier alpha value is -3.49. The van der Waals surface area contributed by atoms with Crippen molar-refractivity contribution in [1.82, 2.24) is 18.9 Å². The van der Waals surface area contributed by atoms with Crippen molar-refractivity contribution in [3.05, 3.63) is 64.1 Å². The number of nitrogens with zero attached hydrogens (tertiary/aromatic N) is 5. The Morgan fingerprint density at radius 1 is 1.00 bits per heavy atom. The molecule has 0 saturated carbocycles. The number of hydrogen-bond acceptors (Lipinski definition) is 3. The van der Waals surface area contributed by atoms with Crippen LogP contribution in [0.4, 0.5) is 24.5 Å². The Balaban J connectivity index is 1.70. The van der Waals surface area contributed by atoms with Crippen LogP contribution in [0.2, 0.25) is 0 Å². The third-order valence-corrected chi connectivity index (χ3v) is 6.25. The van der Waals surface area contributed by atoms with Crippen LogP contribution in [-0.4, -0.2) is 25.5 Å². The van der Waals surface area contributed by atoms with E-state index in [2.05, 4.69) is 5.10 Å². The molecule has 0 spiro atoms. The Morgan fingerprint density at radius 2 is 1.72 bits per heavy atom. The number of aryl methyl sites for hydroxylation is 4. The van der Waals surface area contributed by atoms with Gasteiger partial charge in [0.1, 0.15) is 5.82 Å². The lowest BCUT2D eigenvalue weighted by Gasteiger charge is -2.33. The maximum atomic E-state index is 15.2. The van der Waals surface area contributed by atoms with Gasteiger partial charge in [0.15, 0.2) is 0 Å². The number of anilines is 2. The van der Waals surface area contributed by atoms with E-state index in [0.29, 0.717) is 40.8 Å². The Morgan fingerprint density at radius 3 is 2.38 bits per heavy atom. The van der Waals surface area contributed by atoms with Crippen LogP contribution < -0.4 is 10.6 Å². The molecule has 4 aromatic rings. The second-order valence-electron chi connectivity index (χ2n) is 8.22. The Labute approximate surface area is 182 Å². The molecule has 0 aliphatic carbocycles. The molecule has 3 heterocycles. The molecule has 0 amide bonds. The molecule has 2 aromatic carbocycles. The van der Waals surface area contributed by atoms with E-state index in [1.54, 1.807) is 55.3 Å². The van der Waals surface area contributed by atoms with Crippen LogP contribution in [0.1, 0.15) is 24.0 Å². The third-order valence-electron chi connectivity index (χ3n) is 6.25. The molecule has 32 heavy (non-hydrogen) atoms. The minimum atomic E-state index is -2.69. The molecular formula is C23H22F3N5O. The van der Waals surface area contributed by atoms with E-state index in [1.165, 1.54) is 21.3 Å². The van der Waals surface area contributed by atoms with Gasteiger partial charge in [0.2, 0.25) is 0 Å². The average molecular weight is 441 g/mol. The summed E-state index contributed by atoms with van der Waals surface area (Å²) in [6.45, 7) is 0.491. The summed E-state index contributed by atoms with van der Waals surface area (Å²) in [5.41, 5.74) is 3.48. The molecule has 0 bridgehead atoms. The molecule has 6 nitrogen and oxygen atoms in total. The maximum Gasteiger partial charge on any atom is 0.328 e. The smallest absolute Gasteiger partial charge is 0.328 e. The number of aromatic nitrogens is 4. The lowest BCUT2D eigenvalue weighted by Crippen LogP contribution is -2.26. The topological polar surface area (TPSA) is 48.0 Å². The highest BCUT2D eigenvalue weighted by Gasteiger charge is 2.27. The van der Waals surface area contributed by atoms with Crippen LogP contribution in [-0.2, 0) is 27.6 Å². The molecule has 2 aromatic heterocycles. The van der Waals surface area contributed by atoms with Crippen molar-refractivity contribution < 1.29 is 13.2 Å². The second kappa shape index (κ2) is 7.29. The molecule has 0 fully saturated rings. The molecule has 0 atom stereocenters. The quantitative estimate of drug-likeness (QED) is 0.472. The molecule has 5 rings (SSSR count). The summed E-state index contributed by atoms with van der Waals surface area (Å²) in [6.07, 6.45) is 2.03. The molecule has 0 saturated heterocycles. The first-order valence-corrected chi connectivity index (χ1v) is 10.3. The highest BCUT2D eigenvalue weighted by Crippen LogP contribution is 2.42. The van der Waals surface area contributed by atoms with Crippen molar-refractivity contribution in [2.45, 2.75) is 19.3 Å². The summed E-state index contributed by atoms with van der Waals surface area (Å²) in [5.74, 6) is -0.499. The fourth-order valence-electron chi connectivity index (χ4n) is 4.61. The predicted molar refractivity (Wildman–Crippen MR) is 117 cm³/mol. The summed E-state index contributed by atoms with van der Waals surface area (Å²) >= 11 is 0. The van der Waals surface area contributed by atoms with Gasteiger partial charge in [-0.05, 0) is 42.2 Å². The van der Waals surface area contributed by atoms with Gasteiger partial charge in [0.25, 0.3) is 6.43 Å². The highest BCUT2D eigenvalue weighted by atomic mass is 19.3. The van der Waals surface area contributed by atoms with Crippen molar-refractivity contribution in [2.75, 3.05) is 11.4 Å². The molecule has 166 valence electrons. The summed E-state index contributed by atoms with van der Waals surface area (Å²) in [4.78, 5) is 14.0. The number of alkyl halides is 2. The molecule has 0 radical (unpaired) electrons. The first kappa shape index (κ1) is 20.4. The average Bonchev–Trinajstić information content (AvgIpc) is 3.29. The molecular weight excluding hydrogens is 419 g/mol. The number of imidazole rings is 1. The van der Waals surface area contributed by atoms with Crippen LogP contribution in [0.15, 0.2) is 41.5 Å². The van der Waals surface area contributed by atoms with Gasteiger partial charge in [-0.1, -0.05) is 0 Å². The van der Waals surface area contributed by atoms with Crippen molar-refractivity contribution in [1.29, 1.82) is 0 Å². The number of rotatable bonds is 3. The van der Waals surface area contributed by atoms with E-state index < -0.39 is 12.2 Å². The van der Waals surface area contributed by atoms with E-state index in [9.17, 15) is 13.6 Å². The van der Waals surface area contributed by atoms with Gasteiger partial charge in [0.05, 0.1) is 22.9 Å². The van der Waals surface area contributed by atoms with E-state index in [-0.39, 0.29) is 16.9 Å². The van der Waals surface area contributed by atoms with Gasteiger partial charge in [-0.2, -0.15) is 5.10 Å². The number of halogens is 3. The summed E-state index contributed by atoms with van der Waals surface area (Å²) in [6, 6.07) is 6.19. The summed E-state index contributed by atoms with van der Waals surface area (Å²) in [5, 5.41) is 4.11.